The second-order valence-corrected chi connectivity index (χ2v) is 10.6. The first kappa shape index (κ1) is 30.0. The third-order valence-electron chi connectivity index (χ3n) is 6.75. The molecule has 3 aromatic carbocycles. The Morgan fingerprint density at radius 1 is 1.00 bits per heavy atom. The largest absolute Gasteiger partial charge is 0.480 e. The lowest BCUT2D eigenvalue weighted by Crippen LogP contribution is -2.41. The second-order valence-electron chi connectivity index (χ2n) is 9.65. The summed E-state index contributed by atoms with van der Waals surface area (Å²) in [5, 5.41) is 15.7. The van der Waals surface area contributed by atoms with E-state index in [1.54, 1.807) is 42.9 Å². The van der Waals surface area contributed by atoms with Crippen LogP contribution in [0.25, 0.3) is 0 Å². The fraction of sp³-hybridized carbons (Fsp3) is 0.258. The minimum Gasteiger partial charge on any atom is -0.480 e. The van der Waals surface area contributed by atoms with Gasteiger partial charge in [0.05, 0.1) is 12.4 Å². The molecule has 3 N–H and O–H groups in total. The molecule has 0 fully saturated rings. The van der Waals surface area contributed by atoms with Crippen LogP contribution in [0.4, 0.5) is 8.78 Å². The lowest BCUT2D eigenvalue weighted by molar-refractivity contribution is -0.139. The van der Waals surface area contributed by atoms with Crippen molar-refractivity contribution in [1.29, 1.82) is 0 Å². The van der Waals surface area contributed by atoms with Crippen molar-refractivity contribution in [2.45, 2.75) is 31.5 Å². The number of carbonyl (C=O) groups excluding carboxylic acids is 1. The number of rotatable bonds is 14. The van der Waals surface area contributed by atoms with Gasteiger partial charge in [0.15, 0.2) is 0 Å². The Hall–Kier alpha value is -4.02. The van der Waals surface area contributed by atoms with Crippen LogP contribution in [0.15, 0.2) is 85.5 Å². The highest BCUT2D eigenvalue weighted by atomic mass is 32.2. The molecule has 7 nitrogen and oxygen atoms in total. The number of thioether (sulfide) groups is 1. The molecule has 0 saturated carbocycles. The van der Waals surface area contributed by atoms with E-state index in [2.05, 4.69) is 15.6 Å². The molecule has 4 rings (SSSR count). The molecule has 0 aliphatic carbocycles. The summed E-state index contributed by atoms with van der Waals surface area (Å²) < 4.78 is 28.9. The van der Waals surface area contributed by atoms with Gasteiger partial charge in [0.25, 0.3) is 5.91 Å². The van der Waals surface area contributed by atoms with Gasteiger partial charge in [0.2, 0.25) is 0 Å². The molecule has 0 radical (unpaired) electrons. The summed E-state index contributed by atoms with van der Waals surface area (Å²) in [4.78, 5) is 29.3. The molecule has 1 heterocycles. The summed E-state index contributed by atoms with van der Waals surface area (Å²) in [6.45, 7) is 0.939. The maximum Gasteiger partial charge on any atom is 0.326 e. The Balaban J connectivity index is 1.54. The average Bonchev–Trinajstić information content (AvgIpc) is 3.50. The van der Waals surface area contributed by atoms with Gasteiger partial charge < -0.3 is 20.3 Å². The van der Waals surface area contributed by atoms with Crippen LogP contribution >= 0.6 is 11.8 Å². The number of hydrogen-bond donors (Lipinski definition) is 3. The monoisotopic (exact) mass is 578 g/mol. The van der Waals surface area contributed by atoms with E-state index < -0.39 is 17.9 Å². The SMILES string of the molecule is CSCC[C@H](NC(=O)c1cc(CNCC(c2ccc(F)cc2)n2ccnc2)ccc1Cc1ccc(F)cc1)C(=O)O. The zero-order valence-corrected chi connectivity index (χ0v) is 23.4. The highest BCUT2D eigenvalue weighted by Gasteiger charge is 2.22. The number of imidazole rings is 1. The molecule has 41 heavy (non-hydrogen) atoms. The first-order valence-electron chi connectivity index (χ1n) is 13.2. The molecular weight excluding hydrogens is 546 g/mol. The maximum atomic E-state index is 13.5. The second kappa shape index (κ2) is 14.6. The molecule has 10 heteroatoms. The number of carboxylic acids is 1. The zero-order chi connectivity index (χ0) is 29.2. The van der Waals surface area contributed by atoms with Gasteiger partial charge in [0, 0.05) is 31.0 Å². The van der Waals surface area contributed by atoms with Crippen molar-refractivity contribution < 1.29 is 23.5 Å². The van der Waals surface area contributed by atoms with E-state index >= 15 is 0 Å². The van der Waals surface area contributed by atoms with E-state index in [1.165, 1.54) is 36.0 Å². The van der Waals surface area contributed by atoms with Crippen LogP contribution in [0.2, 0.25) is 0 Å². The topological polar surface area (TPSA) is 96.3 Å². The Labute approximate surface area is 242 Å². The van der Waals surface area contributed by atoms with Crippen LogP contribution in [0.1, 0.15) is 45.1 Å². The van der Waals surface area contributed by atoms with Gasteiger partial charge in [-0.05, 0) is 77.4 Å². The van der Waals surface area contributed by atoms with Gasteiger partial charge in [0.1, 0.15) is 17.7 Å². The summed E-state index contributed by atoms with van der Waals surface area (Å²) in [6, 6.07) is 16.8. The molecule has 2 atom stereocenters. The van der Waals surface area contributed by atoms with E-state index in [-0.39, 0.29) is 17.7 Å². The smallest absolute Gasteiger partial charge is 0.326 e. The van der Waals surface area contributed by atoms with Crippen molar-refractivity contribution in [2.75, 3.05) is 18.6 Å². The van der Waals surface area contributed by atoms with Crippen LogP contribution in [0, 0.1) is 11.6 Å². The number of aliphatic carboxylic acids is 1. The van der Waals surface area contributed by atoms with Gasteiger partial charge in [-0.15, -0.1) is 0 Å². The van der Waals surface area contributed by atoms with Crippen molar-refractivity contribution in [3.05, 3.63) is 125 Å². The van der Waals surface area contributed by atoms with Crippen LogP contribution in [0.3, 0.4) is 0 Å². The molecule has 0 aliphatic heterocycles. The van der Waals surface area contributed by atoms with Gasteiger partial charge >= 0.3 is 5.97 Å². The fourth-order valence-corrected chi connectivity index (χ4v) is 5.01. The Kier molecular flexibility index (Phi) is 10.6. The van der Waals surface area contributed by atoms with Crippen LogP contribution in [0.5, 0.6) is 0 Å². The van der Waals surface area contributed by atoms with Gasteiger partial charge in [-0.1, -0.05) is 36.4 Å². The number of carboxylic acid groups (broad SMARTS) is 1. The van der Waals surface area contributed by atoms with Crippen LogP contribution < -0.4 is 10.6 Å². The number of carbonyl (C=O) groups is 2. The Morgan fingerprint density at radius 3 is 2.32 bits per heavy atom. The molecule has 1 amide bonds. The quantitative estimate of drug-likeness (QED) is 0.194. The molecule has 1 unspecified atom stereocenters. The van der Waals surface area contributed by atoms with Crippen LogP contribution in [-0.4, -0.2) is 51.1 Å². The minimum absolute atomic E-state index is 0.133. The molecule has 214 valence electrons. The molecule has 0 bridgehead atoms. The zero-order valence-electron chi connectivity index (χ0n) is 22.6. The first-order chi connectivity index (χ1) is 19.8. The molecule has 0 saturated heterocycles. The van der Waals surface area contributed by atoms with Crippen molar-refractivity contribution in [1.82, 2.24) is 20.2 Å². The van der Waals surface area contributed by atoms with E-state index in [0.717, 1.165) is 16.7 Å². The van der Waals surface area contributed by atoms with Gasteiger partial charge in [-0.2, -0.15) is 11.8 Å². The van der Waals surface area contributed by atoms with Gasteiger partial charge in [-0.25, -0.2) is 18.6 Å². The summed E-state index contributed by atoms with van der Waals surface area (Å²) in [5.41, 5.74) is 3.64. The number of nitrogens with one attached hydrogen (secondary N) is 2. The van der Waals surface area contributed by atoms with Crippen molar-refractivity contribution in [3.63, 3.8) is 0 Å². The number of benzene rings is 3. The number of nitrogens with zero attached hydrogens (tertiary/aromatic N) is 2. The molecule has 0 spiro atoms. The van der Waals surface area contributed by atoms with E-state index in [0.29, 0.717) is 42.8 Å². The predicted molar refractivity (Wildman–Crippen MR) is 156 cm³/mol. The molecule has 0 aliphatic rings. The maximum absolute atomic E-state index is 13.5. The number of hydrogen-bond acceptors (Lipinski definition) is 5. The molecule has 4 aromatic rings. The predicted octanol–water partition coefficient (Wildman–Crippen LogP) is 5.07. The molecular formula is C31H32F2N4O3S. The van der Waals surface area contributed by atoms with Crippen LogP contribution in [-0.2, 0) is 17.8 Å². The standard InChI is InChI=1S/C31H32F2N4O3S/c1-41-15-12-28(31(39)40)36-30(38)27-17-22(2-5-24(27)16-21-3-8-25(32)9-4-21)18-35-19-29(37-14-13-34-20-37)23-6-10-26(33)11-7-23/h2-11,13-14,17,20,28-29,35H,12,15-16,18-19H2,1H3,(H,36,38)(H,39,40)/t28-,29?/m0/s1. The molecule has 1 aromatic heterocycles. The Morgan fingerprint density at radius 2 is 1.68 bits per heavy atom. The highest BCUT2D eigenvalue weighted by Crippen LogP contribution is 2.20. The lowest BCUT2D eigenvalue weighted by atomic mass is 9.96. The van der Waals surface area contributed by atoms with Crippen molar-refractivity contribution >= 4 is 23.6 Å². The fourth-order valence-electron chi connectivity index (χ4n) is 4.54. The highest BCUT2D eigenvalue weighted by molar-refractivity contribution is 7.98. The average molecular weight is 579 g/mol. The number of halogens is 2. The minimum atomic E-state index is -1.09. The van der Waals surface area contributed by atoms with E-state index in [4.69, 9.17) is 0 Å². The number of aromatic nitrogens is 2. The van der Waals surface area contributed by atoms with Crippen molar-refractivity contribution in [3.8, 4) is 0 Å². The summed E-state index contributed by atoms with van der Waals surface area (Å²) in [7, 11) is 0. The first-order valence-corrected chi connectivity index (χ1v) is 14.6. The third-order valence-corrected chi connectivity index (χ3v) is 7.39. The Bertz CT molecular complexity index is 1430. The summed E-state index contributed by atoms with van der Waals surface area (Å²) >= 11 is 1.51. The van der Waals surface area contributed by atoms with E-state index in [9.17, 15) is 23.5 Å². The summed E-state index contributed by atoms with van der Waals surface area (Å²) in [6.07, 6.45) is 7.80. The van der Waals surface area contributed by atoms with Gasteiger partial charge in [-0.3, -0.25) is 4.79 Å². The third kappa shape index (κ3) is 8.48. The number of amides is 1. The summed E-state index contributed by atoms with van der Waals surface area (Å²) in [5.74, 6) is -1.62. The normalized spacial score (nSPS) is 12.6. The van der Waals surface area contributed by atoms with E-state index in [1.807, 2.05) is 29.2 Å². The lowest BCUT2D eigenvalue weighted by Gasteiger charge is -2.20. The van der Waals surface area contributed by atoms with Crippen molar-refractivity contribution in [2.24, 2.45) is 0 Å².